The number of amides is 1. The summed E-state index contributed by atoms with van der Waals surface area (Å²) in [5.41, 5.74) is 0.0623. The number of carbonyl (C=O) groups is 1. The highest BCUT2D eigenvalue weighted by atomic mass is 19.4. The summed E-state index contributed by atoms with van der Waals surface area (Å²) < 4.78 is 44.3. The number of hydrogen-bond donors (Lipinski definition) is 2. The molecule has 2 saturated heterocycles. The third-order valence-corrected chi connectivity index (χ3v) is 3.40. The first-order valence-corrected chi connectivity index (χ1v) is 5.87. The molecule has 1 amide bonds. The molecular formula is C10H16F3N3O2. The van der Waals surface area contributed by atoms with Crippen LogP contribution in [0.2, 0.25) is 0 Å². The molecule has 0 spiro atoms. The van der Waals surface area contributed by atoms with E-state index in [0.717, 1.165) is 0 Å². The first-order chi connectivity index (χ1) is 8.46. The van der Waals surface area contributed by atoms with Gasteiger partial charge in [0.2, 0.25) is 0 Å². The standard InChI is InChI=1S/C10H16F3N3O2/c11-10(12,13)9(1-2-14-7-9)8(17)15-16-3-5-18-6-4-16/h14H,1-7H2,(H,15,17). The van der Waals surface area contributed by atoms with E-state index in [1.807, 2.05) is 0 Å². The van der Waals surface area contributed by atoms with E-state index in [4.69, 9.17) is 4.74 Å². The second-order valence-electron chi connectivity index (χ2n) is 4.55. The van der Waals surface area contributed by atoms with Crippen LogP contribution >= 0.6 is 0 Å². The summed E-state index contributed by atoms with van der Waals surface area (Å²) in [4.78, 5) is 11.9. The fraction of sp³-hybridized carbons (Fsp3) is 0.900. The Balaban J connectivity index is 2.04. The topological polar surface area (TPSA) is 53.6 Å². The second-order valence-corrected chi connectivity index (χ2v) is 4.55. The highest BCUT2D eigenvalue weighted by molar-refractivity contribution is 5.83. The smallest absolute Gasteiger partial charge is 0.379 e. The van der Waals surface area contributed by atoms with Gasteiger partial charge in [0.25, 0.3) is 5.91 Å². The molecule has 2 heterocycles. The largest absolute Gasteiger partial charge is 0.404 e. The molecule has 0 radical (unpaired) electrons. The first-order valence-electron chi connectivity index (χ1n) is 5.87. The van der Waals surface area contributed by atoms with E-state index < -0.39 is 17.5 Å². The van der Waals surface area contributed by atoms with Crippen molar-refractivity contribution in [2.45, 2.75) is 12.6 Å². The Kier molecular flexibility index (Phi) is 3.79. The minimum Gasteiger partial charge on any atom is -0.379 e. The molecule has 8 heteroatoms. The molecule has 2 aliphatic heterocycles. The number of ether oxygens (including phenoxy) is 1. The van der Waals surface area contributed by atoms with E-state index in [1.165, 1.54) is 5.01 Å². The van der Waals surface area contributed by atoms with Crippen molar-refractivity contribution in [1.82, 2.24) is 15.8 Å². The number of halogens is 3. The summed E-state index contributed by atoms with van der Waals surface area (Å²) in [5.74, 6) is -0.970. The molecule has 0 aromatic carbocycles. The van der Waals surface area contributed by atoms with Gasteiger partial charge in [0.1, 0.15) is 0 Å². The van der Waals surface area contributed by atoms with Gasteiger partial charge in [0, 0.05) is 19.6 Å². The number of carbonyl (C=O) groups excluding carboxylic acids is 1. The second kappa shape index (κ2) is 5.02. The van der Waals surface area contributed by atoms with Crippen LogP contribution in [0.5, 0.6) is 0 Å². The SMILES string of the molecule is O=C(NN1CCOCC1)C1(C(F)(F)F)CCNC1. The summed E-state index contributed by atoms with van der Waals surface area (Å²) in [5, 5.41) is 4.10. The zero-order valence-electron chi connectivity index (χ0n) is 9.85. The van der Waals surface area contributed by atoms with E-state index in [0.29, 0.717) is 26.3 Å². The maximum atomic E-state index is 13.1. The van der Waals surface area contributed by atoms with E-state index in [1.54, 1.807) is 0 Å². The predicted octanol–water partition coefficient (Wildman–Crippen LogP) is -0.108. The highest BCUT2D eigenvalue weighted by Gasteiger charge is 2.61. The van der Waals surface area contributed by atoms with Gasteiger partial charge >= 0.3 is 6.18 Å². The maximum Gasteiger partial charge on any atom is 0.404 e. The van der Waals surface area contributed by atoms with E-state index in [9.17, 15) is 18.0 Å². The van der Waals surface area contributed by atoms with Crippen LogP contribution in [0, 0.1) is 5.41 Å². The van der Waals surface area contributed by atoms with Crippen molar-refractivity contribution in [3.63, 3.8) is 0 Å². The molecule has 1 unspecified atom stereocenters. The zero-order chi connectivity index (χ0) is 13.2. The molecule has 104 valence electrons. The predicted molar refractivity (Wildman–Crippen MR) is 56.5 cm³/mol. The molecule has 1 atom stereocenters. The summed E-state index contributed by atoms with van der Waals surface area (Å²) in [7, 11) is 0. The molecule has 0 aromatic rings. The zero-order valence-corrected chi connectivity index (χ0v) is 9.85. The summed E-state index contributed by atoms with van der Waals surface area (Å²) in [6.45, 7) is 1.50. The van der Waals surface area contributed by atoms with Gasteiger partial charge in [-0.1, -0.05) is 0 Å². The first kappa shape index (κ1) is 13.6. The van der Waals surface area contributed by atoms with Gasteiger partial charge in [-0.15, -0.1) is 0 Å². The van der Waals surface area contributed by atoms with Crippen LogP contribution < -0.4 is 10.7 Å². The van der Waals surface area contributed by atoms with Crippen molar-refractivity contribution < 1.29 is 22.7 Å². The van der Waals surface area contributed by atoms with Gasteiger partial charge in [-0.2, -0.15) is 13.2 Å². The Morgan fingerprint density at radius 1 is 1.33 bits per heavy atom. The Morgan fingerprint density at radius 2 is 2.00 bits per heavy atom. The lowest BCUT2D eigenvalue weighted by atomic mass is 9.85. The number of hydrogen-bond acceptors (Lipinski definition) is 4. The molecule has 2 fully saturated rings. The Labute approximate surface area is 103 Å². The Morgan fingerprint density at radius 3 is 2.50 bits per heavy atom. The van der Waals surface area contributed by atoms with Crippen molar-refractivity contribution in [2.75, 3.05) is 39.4 Å². The molecule has 18 heavy (non-hydrogen) atoms. The maximum absolute atomic E-state index is 13.1. The highest BCUT2D eigenvalue weighted by Crippen LogP contribution is 2.43. The normalized spacial score (nSPS) is 30.4. The van der Waals surface area contributed by atoms with Crippen molar-refractivity contribution >= 4 is 5.91 Å². The third kappa shape index (κ3) is 2.45. The van der Waals surface area contributed by atoms with Crippen LogP contribution in [0.4, 0.5) is 13.2 Å². The molecule has 0 aliphatic carbocycles. The van der Waals surface area contributed by atoms with Gasteiger partial charge in [0.05, 0.1) is 13.2 Å². The van der Waals surface area contributed by atoms with Gasteiger partial charge in [0.15, 0.2) is 5.41 Å². The summed E-state index contributed by atoms with van der Waals surface area (Å²) in [6, 6.07) is 0. The average Bonchev–Trinajstić information content (AvgIpc) is 2.80. The van der Waals surface area contributed by atoms with Gasteiger partial charge in [-0.3, -0.25) is 10.2 Å². The number of nitrogens with one attached hydrogen (secondary N) is 2. The Hall–Kier alpha value is -0.860. The molecule has 2 rings (SSSR count). The molecule has 0 bridgehead atoms. The van der Waals surface area contributed by atoms with Crippen molar-refractivity contribution in [2.24, 2.45) is 5.41 Å². The van der Waals surface area contributed by atoms with E-state index in [2.05, 4.69) is 10.7 Å². The van der Waals surface area contributed by atoms with Crippen LogP contribution in [-0.2, 0) is 9.53 Å². The lowest BCUT2D eigenvalue weighted by Gasteiger charge is -2.34. The number of hydrazine groups is 1. The van der Waals surface area contributed by atoms with Gasteiger partial charge in [-0.05, 0) is 13.0 Å². The molecule has 0 aromatic heterocycles. The third-order valence-electron chi connectivity index (χ3n) is 3.40. The molecule has 2 aliphatic rings. The molecule has 0 saturated carbocycles. The summed E-state index contributed by atoms with van der Waals surface area (Å²) in [6.07, 6.45) is -4.75. The quantitative estimate of drug-likeness (QED) is 0.733. The van der Waals surface area contributed by atoms with Crippen molar-refractivity contribution in [3.8, 4) is 0 Å². The van der Waals surface area contributed by atoms with Crippen molar-refractivity contribution in [3.05, 3.63) is 0 Å². The monoisotopic (exact) mass is 267 g/mol. The van der Waals surface area contributed by atoms with Gasteiger partial charge < -0.3 is 10.1 Å². The van der Waals surface area contributed by atoms with Crippen LogP contribution in [-0.4, -0.2) is 56.5 Å². The van der Waals surface area contributed by atoms with E-state index in [-0.39, 0.29) is 19.5 Å². The van der Waals surface area contributed by atoms with E-state index >= 15 is 0 Å². The minimum atomic E-state index is -4.53. The van der Waals surface area contributed by atoms with Crippen LogP contribution in [0.1, 0.15) is 6.42 Å². The van der Waals surface area contributed by atoms with Crippen LogP contribution in [0.15, 0.2) is 0 Å². The number of nitrogens with zero attached hydrogens (tertiary/aromatic N) is 1. The number of morpholine rings is 1. The lowest BCUT2D eigenvalue weighted by Crippen LogP contribution is -2.58. The number of alkyl halides is 3. The summed E-state index contributed by atoms with van der Waals surface area (Å²) >= 11 is 0. The average molecular weight is 267 g/mol. The minimum absolute atomic E-state index is 0.204. The lowest BCUT2D eigenvalue weighted by molar-refractivity contribution is -0.218. The Bertz CT molecular complexity index is 310. The number of rotatable bonds is 2. The van der Waals surface area contributed by atoms with Crippen LogP contribution in [0.3, 0.4) is 0 Å². The molecule has 5 nitrogen and oxygen atoms in total. The van der Waals surface area contributed by atoms with Gasteiger partial charge in [-0.25, -0.2) is 5.01 Å². The van der Waals surface area contributed by atoms with Crippen LogP contribution in [0.25, 0.3) is 0 Å². The fourth-order valence-electron chi connectivity index (χ4n) is 2.18. The molecular weight excluding hydrogens is 251 g/mol. The molecule has 2 N–H and O–H groups in total. The van der Waals surface area contributed by atoms with Crippen molar-refractivity contribution in [1.29, 1.82) is 0 Å². The fourth-order valence-corrected chi connectivity index (χ4v) is 2.18.